The van der Waals surface area contributed by atoms with E-state index in [1.165, 1.54) is 103 Å². The molecule has 0 radical (unpaired) electrons. The third-order valence-electron chi connectivity index (χ3n) is 9.30. The Bertz CT molecular complexity index is 963. The number of unbranched alkanes of at least 4 members (excludes halogenated alkanes) is 24. The van der Waals surface area contributed by atoms with E-state index < -0.39 is 57.6 Å². The number of hydrogen-bond donors (Lipinski definition) is 4. The summed E-state index contributed by atoms with van der Waals surface area (Å²) in [4.78, 5) is 45.8. The molecule has 0 fully saturated rings. The van der Waals surface area contributed by atoms with Crippen LogP contribution in [0.25, 0.3) is 0 Å². The zero-order valence-electron chi connectivity index (χ0n) is 33.6. The number of aliphatic hydroxyl groups excluding tert-OH is 1. The number of aliphatic carboxylic acids is 1. The minimum atomic E-state index is -4.75. The summed E-state index contributed by atoms with van der Waals surface area (Å²) in [5.74, 6) is -2.37. The molecular formula is C41H78NO10P. The van der Waals surface area contributed by atoms with E-state index in [9.17, 15) is 34.1 Å². The van der Waals surface area contributed by atoms with Crippen LogP contribution in [0.3, 0.4) is 0 Å². The number of amides is 1. The topological polar surface area (TPSA) is 169 Å². The molecule has 53 heavy (non-hydrogen) atoms. The molecule has 12 heteroatoms. The number of ether oxygens (including phenoxy) is 1. The van der Waals surface area contributed by atoms with Gasteiger partial charge in [0.15, 0.2) is 6.04 Å². The summed E-state index contributed by atoms with van der Waals surface area (Å²) >= 11 is 0. The van der Waals surface area contributed by atoms with Gasteiger partial charge in [0.25, 0.3) is 0 Å². The van der Waals surface area contributed by atoms with Gasteiger partial charge in [0.05, 0.1) is 13.2 Å². The highest BCUT2D eigenvalue weighted by Crippen LogP contribution is 2.43. The van der Waals surface area contributed by atoms with Crippen molar-refractivity contribution in [3.05, 3.63) is 12.2 Å². The molecule has 0 saturated heterocycles. The number of carbonyl (C=O) groups excluding carboxylic acids is 2. The lowest BCUT2D eigenvalue weighted by atomic mass is 10.0. The van der Waals surface area contributed by atoms with Crippen molar-refractivity contribution in [1.29, 1.82) is 0 Å². The molecule has 0 aromatic rings. The lowest BCUT2D eigenvalue weighted by Crippen LogP contribution is -2.43. The molecule has 312 valence electrons. The maximum absolute atomic E-state index is 12.3. The summed E-state index contributed by atoms with van der Waals surface area (Å²) in [5, 5.41) is 21.8. The number of nitrogens with one attached hydrogen (secondary N) is 1. The number of carbonyl (C=O) groups is 3. The highest BCUT2D eigenvalue weighted by molar-refractivity contribution is 7.47. The number of phosphoric ester groups is 1. The molecule has 0 heterocycles. The fourth-order valence-electron chi connectivity index (χ4n) is 5.94. The fraction of sp³-hybridized carbons (Fsp3) is 0.878. The molecule has 0 spiro atoms. The number of hydrogen-bond acceptors (Lipinski definition) is 8. The normalized spacial score (nSPS) is 13.9. The first-order chi connectivity index (χ1) is 25.6. The van der Waals surface area contributed by atoms with Crippen molar-refractivity contribution in [3.8, 4) is 0 Å². The number of carboxylic acid groups (broad SMARTS) is 1. The Morgan fingerprint density at radius 2 is 1.00 bits per heavy atom. The summed E-state index contributed by atoms with van der Waals surface area (Å²) in [6.45, 7) is 2.55. The van der Waals surface area contributed by atoms with Crippen molar-refractivity contribution >= 4 is 25.7 Å². The van der Waals surface area contributed by atoms with Crippen molar-refractivity contribution in [2.24, 2.45) is 0 Å². The molecule has 0 saturated carbocycles. The van der Waals surface area contributed by atoms with E-state index in [1.807, 2.05) is 0 Å². The number of carboxylic acids is 1. The summed E-state index contributed by atoms with van der Waals surface area (Å²) in [6, 6.07) is -1.54. The molecule has 0 aliphatic rings. The number of allylic oxidation sites excluding steroid dienone is 2. The molecule has 4 N–H and O–H groups in total. The third kappa shape index (κ3) is 36.9. The summed E-state index contributed by atoms with van der Waals surface area (Å²) < 4.78 is 26.8. The average Bonchev–Trinajstić information content (AvgIpc) is 3.13. The Balaban J connectivity index is 3.89. The fourth-order valence-corrected chi connectivity index (χ4v) is 6.72. The molecule has 0 bridgehead atoms. The summed E-state index contributed by atoms with van der Waals surface area (Å²) in [7, 11) is -4.75. The number of phosphoric acid groups is 1. The van der Waals surface area contributed by atoms with E-state index in [-0.39, 0.29) is 12.8 Å². The molecule has 3 unspecified atom stereocenters. The lowest BCUT2D eigenvalue weighted by Gasteiger charge is -2.18. The van der Waals surface area contributed by atoms with Gasteiger partial charge in [0.2, 0.25) is 5.91 Å². The van der Waals surface area contributed by atoms with Crippen LogP contribution in [0.4, 0.5) is 0 Å². The van der Waals surface area contributed by atoms with Crippen LogP contribution in [-0.4, -0.2) is 64.9 Å². The van der Waals surface area contributed by atoms with Crippen LogP contribution in [0.15, 0.2) is 12.2 Å². The number of esters is 1. The molecule has 0 aliphatic heterocycles. The van der Waals surface area contributed by atoms with Crippen LogP contribution < -0.4 is 5.32 Å². The van der Waals surface area contributed by atoms with E-state index in [0.717, 1.165) is 57.8 Å². The number of aliphatic hydroxyl groups is 1. The van der Waals surface area contributed by atoms with Crippen LogP contribution in [0.2, 0.25) is 0 Å². The quantitative estimate of drug-likeness (QED) is 0.0203. The predicted molar refractivity (Wildman–Crippen MR) is 213 cm³/mol. The second-order valence-corrected chi connectivity index (χ2v) is 16.0. The van der Waals surface area contributed by atoms with Crippen LogP contribution in [0.1, 0.15) is 200 Å². The highest BCUT2D eigenvalue weighted by atomic mass is 31.2. The van der Waals surface area contributed by atoms with Gasteiger partial charge in [-0.25, -0.2) is 9.36 Å². The Labute approximate surface area is 322 Å². The Hall–Kier alpha value is -1.78. The molecule has 0 aliphatic carbocycles. The van der Waals surface area contributed by atoms with Crippen LogP contribution in [0.5, 0.6) is 0 Å². The molecule has 0 aromatic heterocycles. The minimum absolute atomic E-state index is 0.151. The molecule has 0 rings (SSSR count). The van der Waals surface area contributed by atoms with Crippen molar-refractivity contribution in [2.75, 3.05) is 19.8 Å². The standard InChI is InChI=1S/C41H78NO10P/c1-3-5-7-9-11-13-15-16-17-18-19-20-21-23-24-26-28-30-32-39(44)42-38(41(46)47)36-52-53(48,49)51-35-37(43)34-50-40(45)33-31-29-27-25-22-14-12-10-8-6-4-2/h10,12,37-38,43H,3-9,11,13-36H2,1-2H3,(H,42,44)(H,46,47)(H,48,49)/b12-10-. The van der Waals surface area contributed by atoms with E-state index in [0.29, 0.717) is 12.8 Å². The first-order valence-corrected chi connectivity index (χ1v) is 22.7. The first kappa shape index (κ1) is 51.2. The van der Waals surface area contributed by atoms with Gasteiger partial charge in [-0.3, -0.25) is 18.6 Å². The maximum Gasteiger partial charge on any atom is 0.472 e. The Morgan fingerprint density at radius 1 is 0.585 bits per heavy atom. The van der Waals surface area contributed by atoms with E-state index in [2.05, 4.69) is 31.3 Å². The van der Waals surface area contributed by atoms with E-state index >= 15 is 0 Å². The highest BCUT2D eigenvalue weighted by Gasteiger charge is 2.28. The monoisotopic (exact) mass is 776 g/mol. The maximum atomic E-state index is 12.3. The van der Waals surface area contributed by atoms with Gasteiger partial charge in [0, 0.05) is 12.8 Å². The van der Waals surface area contributed by atoms with Gasteiger partial charge in [-0.2, -0.15) is 0 Å². The molecule has 3 atom stereocenters. The minimum Gasteiger partial charge on any atom is -0.480 e. The summed E-state index contributed by atoms with van der Waals surface area (Å²) in [5.41, 5.74) is 0. The zero-order chi connectivity index (χ0) is 39.3. The average molecular weight is 776 g/mol. The van der Waals surface area contributed by atoms with Crippen LogP contribution in [-0.2, 0) is 32.7 Å². The number of rotatable bonds is 40. The largest absolute Gasteiger partial charge is 0.480 e. The molecular weight excluding hydrogens is 697 g/mol. The smallest absolute Gasteiger partial charge is 0.472 e. The van der Waals surface area contributed by atoms with Crippen molar-refractivity contribution in [1.82, 2.24) is 5.32 Å². The van der Waals surface area contributed by atoms with Crippen molar-refractivity contribution in [3.63, 3.8) is 0 Å². The van der Waals surface area contributed by atoms with Gasteiger partial charge >= 0.3 is 19.8 Å². The second kappa shape index (κ2) is 37.2. The van der Waals surface area contributed by atoms with Crippen molar-refractivity contribution in [2.45, 2.75) is 212 Å². The van der Waals surface area contributed by atoms with Gasteiger partial charge in [-0.05, 0) is 32.1 Å². The van der Waals surface area contributed by atoms with Gasteiger partial charge in [-0.15, -0.1) is 0 Å². The SMILES string of the molecule is CCCC/C=C\CCCCCCCC(=O)OCC(O)COP(=O)(O)OCC(NC(=O)CCCCCCCCCCCCCCCCCCCC)C(=O)O. The molecule has 0 aromatic carbocycles. The lowest BCUT2D eigenvalue weighted by molar-refractivity contribution is -0.147. The Morgan fingerprint density at radius 3 is 1.49 bits per heavy atom. The van der Waals surface area contributed by atoms with Gasteiger partial charge < -0.3 is 25.2 Å². The van der Waals surface area contributed by atoms with E-state index in [4.69, 9.17) is 13.8 Å². The summed E-state index contributed by atoms with van der Waals surface area (Å²) in [6.07, 6.45) is 35.3. The Kier molecular flexibility index (Phi) is 35.9. The van der Waals surface area contributed by atoms with Crippen LogP contribution >= 0.6 is 7.82 Å². The second-order valence-electron chi connectivity index (χ2n) is 14.5. The van der Waals surface area contributed by atoms with Crippen molar-refractivity contribution < 1.29 is 47.8 Å². The van der Waals surface area contributed by atoms with E-state index in [1.54, 1.807) is 0 Å². The van der Waals surface area contributed by atoms with Crippen LogP contribution in [0, 0.1) is 0 Å². The molecule has 1 amide bonds. The van der Waals surface area contributed by atoms with Gasteiger partial charge in [-0.1, -0.05) is 167 Å². The third-order valence-corrected chi connectivity index (χ3v) is 10.3. The predicted octanol–water partition coefficient (Wildman–Crippen LogP) is 10.5. The van der Waals surface area contributed by atoms with Gasteiger partial charge in [0.1, 0.15) is 12.7 Å². The molecule has 11 nitrogen and oxygen atoms in total. The first-order valence-electron chi connectivity index (χ1n) is 21.2. The zero-order valence-corrected chi connectivity index (χ0v) is 34.5.